The Kier molecular flexibility index (Phi) is 7.04. The summed E-state index contributed by atoms with van der Waals surface area (Å²) in [5.74, 6) is 0.822. The lowest BCUT2D eigenvalue weighted by molar-refractivity contribution is 0.118. The maximum Gasteiger partial charge on any atom is 0.414 e. The van der Waals surface area contributed by atoms with Crippen LogP contribution in [0.15, 0.2) is 18.3 Å². The van der Waals surface area contributed by atoms with Gasteiger partial charge in [-0.15, -0.1) is 0 Å². The van der Waals surface area contributed by atoms with Gasteiger partial charge in [0.25, 0.3) is 0 Å². The quantitative estimate of drug-likeness (QED) is 0.576. The zero-order valence-electron chi connectivity index (χ0n) is 19.4. The van der Waals surface area contributed by atoms with E-state index in [2.05, 4.69) is 17.6 Å². The number of carbonyl (C=O) groups excluding carboxylic acids is 1. The molecule has 4 rings (SSSR count). The third-order valence-corrected chi connectivity index (χ3v) is 7.02. The lowest BCUT2D eigenvalue weighted by atomic mass is 9.91. The number of rotatable bonds is 6. The van der Waals surface area contributed by atoms with Crippen molar-refractivity contribution in [2.75, 3.05) is 18.6 Å². The van der Waals surface area contributed by atoms with Gasteiger partial charge in [-0.2, -0.15) is 0 Å². The first-order chi connectivity index (χ1) is 15.5. The molecule has 7 heteroatoms. The molecule has 174 valence electrons. The van der Waals surface area contributed by atoms with E-state index in [1.807, 2.05) is 25.3 Å². The minimum atomic E-state index is -0.342. The van der Waals surface area contributed by atoms with Crippen LogP contribution in [0.5, 0.6) is 5.75 Å². The van der Waals surface area contributed by atoms with Gasteiger partial charge in [0.15, 0.2) is 0 Å². The van der Waals surface area contributed by atoms with Crippen LogP contribution in [0.1, 0.15) is 63.5 Å². The summed E-state index contributed by atoms with van der Waals surface area (Å²) >= 11 is 0. The Morgan fingerprint density at radius 3 is 2.72 bits per heavy atom. The molecule has 1 aliphatic carbocycles. The summed E-state index contributed by atoms with van der Waals surface area (Å²) in [4.78, 5) is 14.3. The van der Waals surface area contributed by atoms with Gasteiger partial charge in [-0.3, -0.25) is 4.90 Å². The van der Waals surface area contributed by atoms with Gasteiger partial charge in [-0.25, -0.2) is 4.79 Å². The molecule has 2 fully saturated rings. The molecule has 1 aromatic rings. The van der Waals surface area contributed by atoms with E-state index in [9.17, 15) is 4.79 Å². The molecule has 2 aliphatic heterocycles. The van der Waals surface area contributed by atoms with Gasteiger partial charge >= 0.3 is 6.09 Å². The van der Waals surface area contributed by atoms with Gasteiger partial charge in [-0.05, 0) is 77.5 Å². The Hall–Kier alpha value is -2.54. The summed E-state index contributed by atoms with van der Waals surface area (Å²) in [6, 6.07) is 4.92. The molecule has 1 saturated heterocycles. The molecule has 1 aromatic carbocycles. The van der Waals surface area contributed by atoms with Crippen molar-refractivity contribution >= 4 is 23.6 Å². The fourth-order valence-corrected chi connectivity index (χ4v) is 4.89. The minimum absolute atomic E-state index is 0.0682. The first-order valence-electron chi connectivity index (χ1n) is 11.9. The van der Waals surface area contributed by atoms with Crippen LogP contribution in [0, 0.1) is 5.41 Å². The van der Waals surface area contributed by atoms with Crippen LogP contribution in [-0.2, 0) is 11.2 Å². The number of hydrogen-bond donors (Lipinski definition) is 3. The molecule has 3 N–H and O–H groups in total. The van der Waals surface area contributed by atoms with Crippen LogP contribution in [-0.4, -0.2) is 50.2 Å². The van der Waals surface area contributed by atoms with E-state index in [0.717, 1.165) is 73.2 Å². The van der Waals surface area contributed by atoms with Gasteiger partial charge in [0.2, 0.25) is 0 Å². The average Bonchev–Trinajstić information content (AvgIpc) is 2.76. The number of hydrogen-bond acceptors (Lipinski definition) is 6. The topological polar surface area (TPSA) is 86.7 Å². The molecule has 2 heterocycles. The van der Waals surface area contributed by atoms with Crippen LogP contribution >= 0.6 is 0 Å². The summed E-state index contributed by atoms with van der Waals surface area (Å²) < 4.78 is 11.6. The lowest BCUT2D eigenvalue weighted by Gasteiger charge is -2.37. The molecule has 0 radical (unpaired) electrons. The van der Waals surface area contributed by atoms with Gasteiger partial charge in [0.1, 0.15) is 5.75 Å². The Morgan fingerprint density at radius 1 is 1.25 bits per heavy atom. The zero-order chi connectivity index (χ0) is 22.7. The first-order valence-corrected chi connectivity index (χ1v) is 11.9. The van der Waals surface area contributed by atoms with Crippen molar-refractivity contribution in [3.63, 3.8) is 0 Å². The Bertz CT molecular complexity index is 880. The van der Waals surface area contributed by atoms with Crippen LogP contribution < -0.4 is 20.3 Å². The monoisotopic (exact) mass is 440 g/mol. The Morgan fingerprint density at radius 2 is 2.06 bits per heavy atom. The number of methoxy groups -OCH3 is 1. The Labute approximate surface area is 191 Å². The smallest absolute Gasteiger partial charge is 0.414 e. The molecule has 0 bridgehead atoms. The van der Waals surface area contributed by atoms with Crippen molar-refractivity contribution in [2.24, 2.45) is 0 Å². The lowest BCUT2D eigenvalue weighted by Crippen LogP contribution is -2.43. The van der Waals surface area contributed by atoms with Gasteiger partial charge < -0.3 is 25.5 Å². The molecule has 0 unspecified atom stereocenters. The number of carbonyl (C=O) groups is 1. The second-order valence-corrected chi connectivity index (χ2v) is 9.33. The number of nitrogens with zero attached hydrogens (tertiary/aromatic N) is 1. The maximum absolute atomic E-state index is 12.5. The van der Waals surface area contributed by atoms with Gasteiger partial charge in [0.05, 0.1) is 18.9 Å². The van der Waals surface area contributed by atoms with E-state index >= 15 is 0 Å². The second-order valence-electron chi connectivity index (χ2n) is 9.33. The predicted molar refractivity (Wildman–Crippen MR) is 128 cm³/mol. The number of benzene rings is 1. The highest BCUT2D eigenvalue weighted by molar-refractivity contribution is 6.10. The summed E-state index contributed by atoms with van der Waals surface area (Å²) in [5.41, 5.74) is 3.62. The third kappa shape index (κ3) is 4.63. The maximum atomic E-state index is 12.5. The standard InChI is InChI=1S/C25H36N4O3/c1-16-13-19(11-12-27-16)28-15-18(14-26)21-9-10-23-22(24(21)32-20-5-4-6-20)8-7-17(2)29(23)25(30)31-3/h9-10,14-17,19-20,26-28H,4-8,11-13H2,1-3H3/b18-15+,26-14?/t16-,17-,19+/m0/s1. The van der Waals surface area contributed by atoms with Crippen LogP contribution in [0.3, 0.4) is 0 Å². The molecular weight excluding hydrogens is 404 g/mol. The van der Waals surface area contributed by atoms with Gasteiger partial charge in [-0.1, -0.05) is 0 Å². The van der Waals surface area contributed by atoms with Crippen molar-refractivity contribution in [2.45, 2.75) is 83.0 Å². The second kappa shape index (κ2) is 9.94. The van der Waals surface area contributed by atoms with Crippen LogP contribution in [0.4, 0.5) is 10.5 Å². The molecule has 3 atom stereocenters. The van der Waals surface area contributed by atoms with Crippen LogP contribution in [0.25, 0.3) is 5.57 Å². The zero-order valence-corrected chi connectivity index (χ0v) is 19.4. The van der Waals surface area contributed by atoms with Crippen molar-refractivity contribution in [1.82, 2.24) is 10.6 Å². The average molecular weight is 441 g/mol. The largest absolute Gasteiger partial charge is 0.489 e. The molecule has 1 saturated carbocycles. The molecule has 0 aromatic heterocycles. The summed E-state index contributed by atoms with van der Waals surface area (Å²) in [7, 11) is 1.42. The van der Waals surface area contributed by atoms with Crippen LogP contribution in [0.2, 0.25) is 0 Å². The molecule has 0 spiro atoms. The van der Waals surface area contributed by atoms with E-state index < -0.39 is 0 Å². The van der Waals surface area contributed by atoms with E-state index in [-0.39, 0.29) is 18.2 Å². The fraction of sp³-hybridized carbons (Fsp3) is 0.600. The molecule has 32 heavy (non-hydrogen) atoms. The van der Waals surface area contributed by atoms with Crippen molar-refractivity contribution in [3.05, 3.63) is 29.5 Å². The normalized spacial score (nSPS) is 26.0. The minimum Gasteiger partial charge on any atom is -0.489 e. The summed E-state index contributed by atoms with van der Waals surface area (Å²) in [6.45, 7) is 5.26. The number of nitrogens with one attached hydrogen (secondary N) is 3. The van der Waals surface area contributed by atoms with Crippen molar-refractivity contribution < 1.29 is 14.3 Å². The highest BCUT2D eigenvalue weighted by Crippen LogP contribution is 2.43. The third-order valence-electron chi connectivity index (χ3n) is 7.02. The number of ether oxygens (including phenoxy) is 2. The number of piperidine rings is 1. The molecule has 7 nitrogen and oxygen atoms in total. The Balaban J connectivity index is 1.69. The fourth-order valence-electron chi connectivity index (χ4n) is 4.89. The van der Waals surface area contributed by atoms with E-state index in [1.165, 1.54) is 19.7 Å². The number of amides is 1. The number of allylic oxidation sites excluding steroid dienone is 1. The van der Waals surface area contributed by atoms with Crippen molar-refractivity contribution in [3.8, 4) is 5.75 Å². The first kappa shape index (κ1) is 22.6. The van der Waals surface area contributed by atoms with E-state index in [1.54, 1.807) is 4.90 Å². The van der Waals surface area contributed by atoms with E-state index in [4.69, 9.17) is 14.9 Å². The van der Waals surface area contributed by atoms with Gasteiger partial charge in [0, 0.05) is 47.2 Å². The molecule has 1 amide bonds. The summed E-state index contributed by atoms with van der Waals surface area (Å²) in [5, 5.41) is 15.1. The number of anilines is 1. The molecule has 3 aliphatic rings. The number of fused-ring (bicyclic) bond motifs is 1. The summed E-state index contributed by atoms with van der Waals surface area (Å²) in [6.07, 6.45) is 10.3. The molecular formula is C25H36N4O3. The van der Waals surface area contributed by atoms with Crippen molar-refractivity contribution in [1.29, 1.82) is 5.41 Å². The highest BCUT2D eigenvalue weighted by atomic mass is 16.5. The SMILES string of the molecule is COC(=O)N1c2ccc(/C(C=N)=C/N[C@@H]3CCN[C@@H](C)C3)c(OC3CCC3)c2CC[C@@H]1C. The highest BCUT2D eigenvalue weighted by Gasteiger charge is 2.33. The van der Waals surface area contributed by atoms with E-state index in [0.29, 0.717) is 12.1 Å². The predicted octanol–water partition coefficient (Wildman–Crippen LogP) is 4.25.